The molecule has 8 heteroatoms. The molecule has 1 aliphatic heterocycles. The molecule has 1 aromatic rings. The number of sulfonamides is 1. The Morgan fingerprint density at radius 3 is 2.79 bits per heavy atom. The number of aromatic nitrogens is 2. The van der Waals surface area contributed by atoms with Gasteiger partial charge in [0, 0.05) is 25.0 Å². The molecule has 1 saturated heterocycles. The van der Waals surface area contributed by atoms with E-state index in [0.717, 1.165) is 19.4 Å². The molecule has 1 aliphatic rings. The number of rotatable bonds is 4. The molecule has 0 saturated carbocycles. The maximum absolute atomic E-state index is 11.3. The number of anilines is 1. The maximum atomic E-state index is 11.3. The van der Waals surface area contributed by atoms with E-state index in [1.165, 1.54) is 6.26 Å². The minimum Gasteiger partial charge on any atom is -0.323 e. The van der Waals surface area contributed by atoms with E-state index in [2.05, 4.69) is 14.9 Å². The minimum atomic E-state index is -3.18. The first kappa shape index (κ1) is 14.3. The quantitative estimate of drug-likeness (QED) is 0.878. The van der Waals surface area contributed by atoms with E-state index in [0.29, 0.717) is 18.4 Å². The van der Waals surface area contributed by atoms with Gasteiger partial charge in [0.15, 0.2) is 5.82 Å². The van der Waals surface area contributed by atoms with Crippen LogP contribution in [0.5, 0.6) is 0 Å². The molecule has 0 aromatic carbocycles. The molecule has 1 aromatic heterocycles. The third-order valence-corrected chi connectivity index (χ3v) is 3.78. The fourth-order valence-electron chi connectivity index (χ4n) is 2.14. The summed E-state index contributed by atoms with van der Waals surface area (Å²) in [6.07, 6.45) is 2.90. The molecule has 1 atom stereocenters. The van der Waals surface area contributed by atoms with Gasteiger partial charge in [-0.1, -0.05) is 19.0 Å². The Hall–Kier alpha value is -1.15. The van der Waals surface area contributed by atoms with Gasteiger partial charge in [0.25, 0.3) is 0 Å². The minimum absolute atomic E-state index is 0.0989. The summed E-state index contributed by atoms with van der Waals surface area (Å²) in [7, 11) is -3.18. The van der Waals surface area contributed by atoms with Gasteiger partial charge in [-0.3, -0.25) is 0 Å². The summed E-state index contributed by atoms with van der Waals surface area (Å²) in [5, 5.41) is 3.92. The van der Waals surface area contributed by atoms with Crippen LogP contribution in [0.2, 0.25) is 0 Å². The predicted octanol–water partition coefficient (Wildman–Crippen LogP) is 0.711. The van der Waals surface area contributed by atoms with E-state index in [4.69, 9.17) is 4.52 Å². The lowest BCUT2D eigenvalue weighted by Gasteiger charge is -2.31. The van der Waals surface area contributed by atoms with Crippen molar-refractivity contribution in [2.45, 2.75) is 38.6 Å². The van der Waals surface area contributed by atoms with Gasteiger partial charge in [-0.15, -0.1) is 0 Å². The molecule has 2 heterocycles. The van der Waals surface area contributed by atoms with Crippen molar-refractivity contribution in [1.29, 1.82) is 0 Å². The second kappa shape index (κ2) is 5.46. The van der Waals surface area contributed by atoms with Crippen molar-refractivity contribution < 1.29 is 12.9 Å². The first-order chi connectivity index (χ1) is 8.85. The van der Waals surface area contributed by atoms with Gasteiger partial charge in [-0.05, 0) is 12.8 Å². The van der Waals surface area contributed by atoms with Crippen LogP contribution in [-0.2, 0) is 10.0 Å². The van der Waals surface area contributed by atoms with Gasteiger partial charge in [-0.25, -0.2) is 13.1 Å². The van der Waals surface area contributed by atoms with Crippen LogP contribution in [0.1, 0.15) is 38.4 Å². The van der Waals surface area contributed by atoms with E-state index in [1.807, 2.05) is 18.7 Å². The molecule has 19 heavy (non-hydrogen) atoms. The SMILES string of the molecule is CC(C)c1noc(N2CCCC(NS(C)(=O)=O)C2)n1. The molecule has 0 spiro atoms. The highest BCUT2D eigenvalue weighted by atomic mass is 32.2. The average molecular weight is 288 g/mol. The highest BCUT2D eigenvalue weighted by Gasteiger charge is 2.25. The molecule has 0 radical (unpaired) electrons. The lowest BCUT2D eigenvalue weighted by Crippen LogP contribution is -2.47. The van der Waals surface area contributed by atoms with Crippen LogP contribution < -0.4 is 9.62 Å². The lowest BCUT2D eigenvalue weighted by molar-refractivity contribution is 0.381. The Labute approximate surface area is 113 Å². The molecule has 108 valence electrons. The largest absolute Gasteiger partial charge is 0.324 e. The molecular weight excluding hydrogens is 268 g/mol. The first-order valence-corrected chi connectivity index (χ1v) is 8.30. The zero-order chi connectivity index (χ0) is 14.0. The fourth-order valence-corrected chi connectivity index (χ4v) is 2.94. The van der Waals surface area contributed by atoms with Crippen molar-refractivity contribution in [3.8, 4) is 0 Å². The monoisotopic (exact) mass is 288 g/mol. The fraction of sp³-hybridized carbons (Fsp3) is 0.818. The molecule has 0 bridgehead atoms. The Balaban J connectivity index is 2.04. The maximum Gasteiger partial charge on any atom is 0.324 e. The van der Waals surface area contributed by atoms with Crippen molar-refractivity contribution in [3.63, 3.8) is 0 Å². The van der Waals surface area contributed by atoms with Crippen LogP contribution in [0.15, 0.2) is 4.52 Å². The van der Waals surface area contributed by atoms with Crippen molar-refractivity contribution in [2.24, 2.45) is 0 Å². The molecule has 2 rings (SSSR count). The summed E-state index contributed by atoms with van der Waals surface area (Å²) in [6.45, 7) is 5.37. The second-order valence-electron chi connectivity index (χ2n) is 5.27. The molecule has 1 fully saturated rings. The Kier molecular flexibility index (Phi) is 4.10. The zero-order valence-electron chi connectivity index (χ0n) is 11.5. The lowest BCUT2D eigenvalue weighted by atomic mass is 10.1. The van der Waals surface area contributed by atoms with E-state index in [-0.39, 0.29) is 12.0 Å². The molecule has 7 nitrogen and oxygen atoms in total. The number of piperidine rings is 1. The molecule has 0 aliphatic carbocycles. The van der Waals surface area contributed by atoms with Gasteiger partial charge >= 0.3 is 6.01 Å². The predicted molar refractivity (Wildman–Crippen MR) is 71.6 cm³/mol. The van der Waals surface area contributed by atoms with E-state index in [1.54, 1.807) is 0 Å². The molecular formula is C11H20N4O3S. The van der Waals surface area contributed by atoms with Gasteiger partial charge in [-0.2, -0.15) is 4.98 Å². The van der Waals surface area contributed by atoms with Crippen LogP contribution in [0.3, 0.4) is 0 Å². The van der Waals surface area contributed by atoms with Gasteiger partial charge in [0.05, 0.1) is 6.26 Å². The Morgan fingerprint density at radius 2 is 2.21 bits per heavy atom. The van der Waals surface area contributed by atoms with Crippen molar-refractivity contribution in [2.75, 3.05) is 24.2 Å². The van der Waals surface area contributed by atoms with Crippen LogP contribution in [0.4, 0.5) is 6.01 Å². The summed E-state index contributed by atoms with van der Waals surface area (Å²) in [6, 6.07) is 0.377. The highest BCUT2D eigenvalue weighted by molar-refractivity contribution is 7.88. The third kappa shape index (κ3) is 3.90. The zero-order valence-corrected chi connectivity index (χ0v) is 12.3. The molecule has 1 N–H and O–H groups in total. The van der Waals surface area contributed by atoms with Gasteiger partial charge in [0.2, 0.25) is 10.0 Å². The number of hydrogen-bond donors (Lipinski definition) is 1. The summed E-state index contributed by atoms with van der Waals surface area (Å²) < 4.78 is 30.4. The standard InChI is InChI=1S/C11H20N4O3S/c1-8(2)10-12-11(18-13-10)15-6-4-5-9(7-15)14-19(3,16)17/h8-9,14H,4-7H2,1-3H3. The van der Waals surface area contributed by atoms with Crippen molar-refractivity contribution in [3.05, 3.63) is 5.82 Å². The normalized spacial score (nSPS) is 21.1. The van der Waals surface area contributed by atoms with Gasteiger partial charge < -0.3 is 9.42 Å². The first-order valence-electron chi connectivity index (χ1n) is 6.41. The van der Waals surface area contributed by atoms with E-state index >= 15 is 0 Å². The Morgan fingerprint density at radius 1 is 1.47 bits per heavy atom. The van der Waals surface area contributed by atoms with Crippen LogP contribution in [-0.4, -0.2) is 43.9 Å². The molecule has 0 amide bonds. The van der Waals surface area contributed by atoms with Crippen LogP contribution in [0.25, 0.3) is 0 Å². The van der Waals surface area contributed by atoms with E-state index < -0.39 is 10.0 Å². The summed E-state index contributed by atoms with van der Waals surface area (Å²) in [5.41, 5.74) is 0. The third-order valence-electron chi connectivity index (χ3n) is 3.02. The molecule has 1 unspecified atom stereocenters. The smallest absolute Gasteiger partial charge is 0.323 e. The summed E-state index contributed by atoms with van der Waals surface area (Å²) >= 11 is 0. The number of nitrogens with one attached hydrogen (secondary N) is 1. The number of hydrogen-bond acceptors (Lipinski definition) is 6. The van der Waals surface area contributed by atoms with Crippen molar-refractivity contribution >= 4 is 16.0 Å². The topological polar surface area (TPSA) is 88.3 Å². The van der Waals surface area contributed by atoms with Crippen LogP contribution in [0, 0.1) is 0 Å². The Bertz CT molecular complexity index is 526. The number of nitrogens with zero attached hydrogens (tertiary/aromatic N) is 3. The van der Waals surface area contributed by atoms with Gasteiger partial charge in [0.1, 0.15) is 0 Å². The highest BCUT2D eigenvalue weighted by Crippen LogP contribution is 2.20. The summed E-state index contributed by atoms with van der Waals surface area (Å²) in [4.78, 5) is 6.27. The van der Waals surface area contributed by atoms with Crippen molar-refractivity contribution in [1.82, 2.24) is 14.9 Å². The summed E-state index contributed by atoms with van der Waals surface area (Å²) in [5.74, 6) is 0.889. The van der Waals surface area contributed by atoms with E-state index in [9.17, 15) is 8.42 Å². The second-order valence-corrected chi connectivity index (χ2v) is 7.05. The average Bonchev–Trinajstić information content (AvgIpc) is 2.76. The van der Waals surface area contributed by atoms with Crippen LogP contribution >= 0.6 is 0 Å².